The lowest BCUT2D eigenvalue weighted by Gasteiger charge is -2.32. The molecule has 5 rings (SSSR count). The van der Waals surface area contributed by atoms with E-state index in [2.05, 4.69) is 60.2 Å². The van der Waals surface area contributed by atoms with Crippen LogP contribution in [0.5, 0.6) is 0 Å². The van der Waals surface area contributed by atoms with Gasteiger partial charge in [-0.05, 0) is 64.4 Å². The van der Waals surface area contributed by atoms with Crippen molar-refractivity contribution in [2.24, 2.45) is 0 Å². The Bertz CT molecular complexity index is 1430. The van der Waals surface area contributed by atoms with Gasteiger partial charge in [0.25, 0.3) is 5.56 Å². The van der Waals surface area contributed by atoms with E-state index in [1.165, 1.54) is 5.56 Å². The predicted molar refractivity (Wildman–Crippen MR) is 148 cm³/mol. The van der Waals surface area contributed by atoms with Gasteiger partial charge in [0.05, 0.1) is 17.3 Å². The van der Waals surface area contributed by atoms with Crippen LogP contribution in [-0.4, -0.2) is 69.6 Å². The van der Waals surface area contributed by atoms with Crippen LogP contribution in [0.4, 0.5) is 5.69 Å². The summed E-state index contributed by atoms with van der Waals surface area (Å²) < 4.78 is 0.880. The number of nitrogens with zero attached hydrogens (tertiary/aromatic N) is 3. The third kappa shape index (κ3) is 5.50. The molecule has 4 aromatic rings. The number of piperazine rings is 1. The number of halogens is 2. The summed E-state index contributed by atoms with van der Waals surface area (Å²) in [6, 6.07) is 13.1. The first kappa shape index (κ1) is 25.0. The molecule has 1 unspecified atom stereocenters. The van der Waals surface area contributed by atoms with Crippen LogP contribution in [-0.2, 0) is 6.54 Å². The maximum absolute atomic E-state index is 12.9. The number of likely N-dealkylation sites (N-methyl/N-ethyl adjacent to an activating group) is 1. The fourth-order valence-corrected chi connectivity index (χ4v) is 5.30. The molecule has 188 valence electrons. The normalized spacial score (nSPS) is 15.9. The summed E-state index contributed by atoms with van der Waals surface area (Å²) >= 11 is 9.73. The molecule has 1 aliphatic rings. The third-order valence-electron chi connectivity index (χ3n) is 6.52. The van der Waals surface area contributed by atoms with Crippen molar-refractivity contribution in [3.05, 3.63) is 79.6 Å². The highest BCUT2D eigenvalue weighted by molar-refractivity contribution is 9.10. The Labute approximate surface area is 222 Å². The van der Waals surface area contributed by atoms with Gasteiger partial charge in [0.15, 0.2) is 0 Å². The van der Waals surface area contributed by atoms with E-state index in [9.17, 15) is 9.90 Å². The van der Waals surface area contributed by atoms with E-state index < -0.39 is 6.10 Å². The van der Waals surface area contributed by atoms with Crippen molar-refractivity contribution in [1.29, 1.82) is 0 Å². The van der Waals surface area contributed by atoms with Crippen LogP contribution in [0.1, 0.15) is 17.2 Å². The quantitative estimate of drug-likeness (QED) is 0.265. The highest BCUT2D eigenvalue weighted by Crippen LogP contribution is 2.30. The smallest absolute Gasteiger partial charge is 0.261 e. The number of aliphatic hydroxyl groups excluding tert-OH is 1. The molecule has 2 aromatic heterocycles. The molecule has 0 spiro atoms. The van der Waals surface area contributed by atoms with Gasteiger partial charge in [-0.2, -0.15) is 0 Å². The number of hydrogen-bond donors (Lipinski definition) is 4. The molecule has 0 radical (unpaired) electrons. The molecule has 3 heterocycles. The van der Waals surface area contributed by atoms with Gasteiger partial charge in [-0.3, -0.25) is 9.69 Å². The van der Waals surface area contributed by atoms with Gasteiger partial charge in [0.1, 0.15) is 16.9 Å². The first-order chi connectivity index (χ1) is 17.4. The Morgan fingerprint density at radius 1 is 1.19 bits per heavy atom. The van der Waals surface area contributed by atoms with Crippen LogP contribution < -0.4 is 10.9 Å². The van der Waals surface area contributed by atoms with E-state index in [1.54, 1.807) is 30.5 Å². The Morgan fingerprint density at radius 2 is 2.00 bits per heavy atom. The zero-order valence-electron chi connectivity index (χ0n) is 19.9. The van der Waals surface area contributed by atoms with Gasteiger partial charge in [0.2, 0.25) is 0 Å². The lowest BCUT2D eigenvalue weighted by Crippen LogP contribution is -2.43. The molecule has 1 fully saturated rings. The van der Waals surface area contributed by atoms with Crippen molar-refractivity contribution in [3.63, 3.8) is 0 Å². The highest BCUT2D eigenvalue weighted by atomic mass is 79.9. The maximum Gasteiger partial charge on any atom is 0.261 e. The molecule has 2 aromatic carbocycles. The first-order valence-corrected chi connectivity index (χ1v) is 13.0. The van der Waals surface area contributed by atoms with Gasteiger partial charge < -0.3 is 25.3 Å². The molecule has 0 aliphatic carbocycles. The Morgan fingerprint density at radius 3 is 2.78 bits per heavy atom. The molecule has 10 heteroatoms. The SMILES string of the molecule is CN1CCN(Cc2cc(Br)c3nc(-c4c(NCC(O)c5cccc(Cl)c5)cc[nH]c4=O)[nH]c3c2)CC1. The molecule has 1 aliphatic heterocycles. The molecule has 1 atom stereocenters. The fraction of sp³-hybridized carbons (Fsp3) is 0.308. The van der Waals surface area contributed by atoms with Crippen LogP contribution >= 0.6 is 27.5 Å². The number of imidazole rings is 1. The molecule has 8 nitrogen and oxygen atoms in total. The number of rotatable bonds is 7. The van der Waals surface area contributed by atoms with Crippen molar-refractivity contribution >= 4 is 44.3 Å². The highest BCUT2D eigenvalue weighted by Gasteiger charge is 2.19. The number of aromatic amines is 2. The molecule has 0 amide bonds. The van der Waals surface area contributed by atoms with Crippen LogP contribution in [0.25, 0.3) is 22.4 Å². The number of benzene rings is 2. The maximum atomic E-state index is 12.9. The van der Waals surface area contributed by atoms with Crippen molar-refractivity contribution in [2.45, 2.75) is 12.6 Å². The number of pyridine rings is 1. The summed E-state index contributed by atoms with van der Waals surface area (Å²) in [4.78, 5) is 28.5. The number of aliphatic hydroxyl groups is 1. The molecular weight excluding hydrogens is 544 g/mol. The molecule has 1 saturated heterocycles. The molecule has 0 saturated carbocycles. The van der Waals surface area contributed by atoms with E-state index in [0.29, 0.717) is 27.7 Å². The Hall–Kier alpha value is -2.69. The minimum atomic E-state index is -0.794. The monoisotopic (exact) mass is 570 g/mol. The summed E-state index contributed by atoms with van der Waals surface area (Å²) in [7, 11) is 2.15. The van der Waals surface area contributed by atoms with Gasteiger partial charge in [-0.1, -0.05) is 23.7 Å². The zero-order valence-corrected chi connectivity index (χ0v) is 22.2. The van der Waals surface area contributed by atoms with Crippen molar-refractivity contribution in [3.8, 4) is 11.4 Å². The average molecular weight is 572 g/mol. The zero-order chi connectivity index (χ0) is 25.2. The van der Waals surface area contributed by atoms with Crippen LogP contribution in [0.15, 0.2) is 57.9 Å². The molecule has 0 bridgehead atoms. The Kier molecular flexibility index (Phi) is 7.45. The van der Waals surface area contributed by atoms with Crippen molar-refractivity contribution in [2.75, 3.05) is 45.1 Å². The van der Waals surface area contributed by atoms with Crippen molar-refractivity contribution in [1.82, 2.24) is 24.8 Å². The van der Waals surface area contributed by atoms with Gasteiger partial charge in [-0.15, -0.1) is 0 Å². The number of anilines is 1. The topological polar surface area (TPSA) is 100 Å². The fourth-order valence-electron chi connectivity index (χ4n) is 4.50. The van der Waals surface area contributed by atoms with E-state index in [0.717, 1.165) is 48.2 Å². The summed E-state index contributed by atoms with van der Waals surface area (Å²) in [6.07, 6.45) is 0.782. The third-order valence-corrected chi connectivity index (χ3v) is 7.36. The minimum Gasteiger partial charge on any atom is -0.387 e. The van der Waals surface area contributed by atoms with Crippen LogP contribution in [0.3, 0.4) is 0 Å². The lowest BCUT2D eigenvalue weighted by molar-refractivity contribution is 0.148. The summed E-state index contributed by atoms with van der Waals surface area (Å²) in [5.74, 6) is 0.462. The second kappa shape index (κ2) is 10.7. The number of H-pyrrole nitrogens is 2. The molecule has 4 N–H and O–H groups in total. The second-order valence-corrected chi connectivity index (χ2v) is 10.5. The second-order valence-electron chi connectivity index (χ2n) is 9.19. The first-order valence-electron chi connectivity index (χ1n) is 11.9. The van der Waals surface area contributed by atoms with E-state index in [-0.39, 0.29) is 12.1 Å². The van der Waals surface area contributed by atoms with E-state index in [4.69, 9.17) is 16.6 Å². The van der Waals surface area contributed by atoms with Crippen LogP contribution in [0, 0.1) is 0 Å². The summed E-state index contributed by atoms with van der Waals surface area (Å²) in [5.41, 5.74) is 4.19. The number of hydrogen-bond acceptors (Lipinski definition) is 6. The van der Waals surface area contributed by atoms with Gasteiger partial charge in [-0.25, -0.2) is 4.98 Å². The standard InChI is InChI=1S/C26H28BrClN6O2/c1-33-7-9-34(10-8-33)15-16-11-19(27)24-21(12-16)31-25(32-24)23-20(5-6-29-26(23)36)30-14-22(35)17-3-2-4-18(28)13-17/h2-6,11-13,22,35H,7-10,14-15H2,1H3,(H,31,32)(H2,29,30,36). The van der Waals surface area contributed by atoms with Crippen molar-refractivity contribution < 1.29 is 5.11 Å². The van der Waals surface area contributed by atoms with E-state index >= 15 is 0 Å². The summed E-state index contributed by atoms with van der Waals surface area (Å²) in [5, 5.41) is 14.4. The summed E-state index contributed by atoms with van der Waals surface area (Å²) in [6.45, 7) is 5.27. The average Bonchev–Trinajstić information content (AvgIpc) is 3.28. The molecular formula is C26H28BrClN6O2. The number of nitrogens with one attached hydrogen (secondary N) is 3. The molecule has 36 heavy (non-hydrogen) atoms. The van der Waals surface area contributed by atoms with E-state index in [1.807, 2.05) is 6.07 Å². The van der Waals surface area contributed by atoms with Gasteiger partial charge in [0, 0.05) is 55.0 Å². The van der Waals surface area contributed by atoms with Crippen LogP contribution in [0.2, 0.25) is 5.02 Å². The Balaban J connectivity index is 1.40. The number of fused-ring (bicyclic) bond motifs is 1. The lowest BCUT2D eigenvalue weighted by atomic mass is 10.1. The largest absolute Gasteiger partial charge is 0.387 e. The van der Waals surface area contributed by atoms with Gasteiger partial charge >= 0.3 is 0 Å². The minimum absolute atomic E-state index is 0.204. The predicted octanol–water partition coefficient (Wildman–Crippen LogP) is 4.23. The number of aromatic nitrogens is 3.